The van der Waals surface area contributed by atoms with E-state index in [4.69, 9.17) is 5.73 Å². The summed E-state index contributed by atoms with van der Waals surface area (Å²) in [5, 5.41) is 0. The van der Waals surface area contributed by atoms with E-state index in [0.29, 0.717) is 18.5 Å². The normalized spacial score (nSPS) is 10.8. The molecular weight excluding hydrogens is 276 g/mol. The zero-order valence-electron chi connectivity index (χ0n) is 11.5. The predicted octanol–water partition coefficient (Wildman–Crippen LogP) is 4.23. The van der Waals surface area contributed by atoms with Crippen molar-refractivity contribution in [2.45, 2.75) is 30.1 Å². The third kappa shape index (κ3) is 3.38. The van der Waals surface area contributed by atoms with Gasteiger partial charge < -0.3 is 5.73 Å². The van der Waals surface area contributed by atoms with E-state index in [1.54, 1.807) is 0 Å². The molecule has 0 aliphatic rings. The molecule has 0 unspecified atom stereocenters. The van der Waals surface area contributed by atoms with Crippen molar-refractivity contribution in [3.05, 3.63) is 58.7 Å². The molecule has 106 valence electrons. The first-order valence-electron chi connectivity index (χ1n) is 6.44. The molecule has 0 aliphatic carbocycles. The van der Waals surface area contributed by atoms with E-state index in [1.807, 2.05) is 32.0 Å². The molecule has 0 spiro atoms. The van der Waals surface area contributed by atoms with E-state index < -0.39 is 11.6 Å². The Morgan fingerprint density at radius 2 is 1.70 bits per heavy atom. The number of hydrogen-bond acceptors (Lipinski definition) is 2. The molecule has 0 aromatic heterocycles. The lowest BCUT2D eigenvalue weighted by molar-refractivity contribution is 0.537. The van der Waals surface area contributed by atoms with E-state index in [0.717, 1.165) is 27.8 Å². The molecule has 0 amide bonds. The van der Waals surface area contributed by atoms with Crippen LogP contribution in [0.25, 0.3) is 0 Å². The van der Waals surface area contributed by atoms with Gasteiger partial charge in [0.05, 0.1) is 4.90 Å². The van der Waals surface area contributed by atoms with Crippen molar-refractivity contribution in [2.24, 2.45) is 5.73 Å². The lowest BCUT2D eigenvalue weighted by atomic mass is 10.1. The Balaban J connectivity index is 2.36. The second-order valence-corrected chi connectivity index (χ2v) is 5.85. The van der Waals surface area contributed by atoms with Crippen LogP contribution in [-0.2, 0) is 6.42 Å². The highest BCUT2D eigenvalue weighted by molar-refractivity contribution is 7.99. The second kappa shape index (κ2) is 6.37. The van der Waals surface area contributed by atoms with Crippen LogP contribution >= 0.6 is 11.8 Å². The third-order valence-corrected chi connectivity index (χ3v) is 4.30. The molecule has 20 heavy (non-hydrogen) atoms. The molecule has 1 nitrogen and oxygen atoms in total. The summed E-state index contributed by atoms with van der Waals surface area (Å²) in [4.78, 5) is 0.911. The SMILES string of the molecule is Cc1ccc(C)c(Sc2c(F)cc(CCN)cc2F)c1. The smallest absolute Gasteiger partial charge is 0.140 e. The van der Waals surface area contributed by atoms with Gasteiger partial charge in [0, 0.05) is 4.90 Å². The lowest BCUT2D eigenvalue weighted by Gasteiger charge is -2.10. The Morgan fingerprint density at radius 3 is 2.30 bits per heavy atom. The van der Waals surface area contributed by atoms with Crippen molar-refractivity contribution < 1.29 is 8.78 Å². The number of rotatable bonds is 4. The average Bonchev–Trinajstić information content (AvgIpc) is 2.38. The Morgan fingerprint density at radius 1 is 1.05 bits per heavy atom. The van der Waals surface area contributed by atoms with Crippen LogP contribution in [0.2, 0.25) is 0 Å². The van der Waals surface area contributed by atoms with Crippen molar-refractivity contribution in [3.8, 4) is 0 Å². The van der Waals surface area contributed by atoms with Crippen molar-refractivity contribution in [2.75, 3.05) is 6.54 Å². The first-order valence-corrected chi connectivity index (χ1v) is 7.26. The Bertz CT molecular complexity index is 603. The first-order chi connectivity index (χ1) is 9.51. The monoisotopic (exact) mass is 293 g/mol. The molecular formula is C16H17F2NS. The zero-order chi connectivity index (χ0) is 14.7. The number of benzene rings is 2. The molecule has 0 saturated carbocycles. The molecule has 0 atom stereocenters. The van der Waals surface area contributed by atoms with Crippen molar-refractivity contribution in [1.29, 1.82) is 0 Å². The van der Waals surface area contributed by atoms with Gasteiger partial charge in [-0.3, -0.25) is 0 Å². The fourth-order valence-corrected chi connectivity index (χ4v) is 2.95. The van der Waals surface area contributed by atoms with Crippen LogP contribution in [-0.4, -0.2) is 6.54 Å². The number of halogens is 2. The highest BCUT2D eigenvalue weighted by Crippen LogP contribution is 2.35. The van der Waals surface area contributed by atoms with E-state index >= 15 is 0 Å². The Kier molecular flexibility index (Phi) is 4.78. The minimum absolute atomic E-state index is 0.0412. The highest BCUT2D eigenvalue weighted by atomic mass is 32.2. The summed E-state index contributed by atoms with van der Waals surface area (Å²) in [5.74, 6) is -1.06. The molecule has 0 saturated heterocycles. The summed E-state index contributed by atoms with van der Waals surface area (Å²) < 4.78 is 28.1. The van der Waals surface area contributed by atoms with Gasteiger partial charge >= 0.3 is 0 Å². The molecule has 2 aromatic carbocycles. The van der Waals surface area contributed by atoms with Gasteiger partial charge in [0.1, 0.15) is 11.6 Å². The van der Waals surface area contributed by atoms with E-state index in [1.165, 1.54) is 12.1 Å². The Labute approximate surface area is 122 Å². The van der Waals surface area contributed by atoms with Crippen LogP contribution in [0.1, 0.15) is 16.7 Å². The van der Waals surface area contributed by atoms with Crippen LogP contribution in [0.15, 0.2) is 40.1 Å². The summed E-state index contributed by atoms with van der Waals surface area (Å²) in [6, 6.07) is 8.60. The first kappa shape index (κ1) is 15.0. The summed E-state index contributed by atoms with van der Waals surface area (Å²) >= 11 is 1.13. The van der Waals surface area contributed by atoms with Gasteiger partial charge in [-0.2, -0.15) is 0 Å². The van der Waals surface area contributed by atoms with Gasteiger partial charge in [0.15, 0.2) is 0 Å². The maximum Gasteiger partial charge on any atom is 0.140 e. The molecule has 2 rings (SSSR count). The van der Waals surface area contributed by atoms with Gasteiger partial charge in [0.25, 0.3) is 0 Å². The van der Waals surface area contributed by atoms with Crippen LogP contribution in [0, 0.1) is 25.5 Å². The molecule has 2 aromatic rings. The van der Waals surface area contributed by atoms with Crippen LogP contribution in [0.4, 0.5) is 8.78 Å². The van der Waals surface area contributed by atoms with Gasteiger partial charge in [-0.1, -0.05) is 23.9 Å². The summed E-state index contributed by atoms with van der Waals surface area (Å²) in [7, 11) is 0. The summed E-state index contributed by atoms with van der Waals surface area (Å²) in [6.07, 6.45) is 0.474. The largest absolute Gasteiger partial charge is 0.330 e. The molecule has 0 bridgehead atoms. The molecule has 2 N–H and O–H groups in total. The minimum Gasteiger partial charge on any atom is -0.330 e. The van der Waals surface area contributed by atoms with Crippen molar-refractivity contribution in [3.63, 3.8) is 0 Å². The highest BCUT2D eigenvalue weighted by Gasteiger charge is 2.14. The van der Waals surface area contributed by atoms with Gasteiger partial charge in [0.2, 0.25) is 0 Å². The lowest BCUT2D eigenvalue weighted by Crippen LogP contribution is -2.04. The molecule has 0 aliphatic heterocycles. The molecule has 0 radical (unpaired) electrons. The Hall–Kier alpha value is -1.39. The fourth-order valence-electron chi connectivity index (χ4n) is 1.95. The van der Waals surface area contributed by atoms with Crippen LogP contribution in [0.5, 0.6) is 0 Å². The molecule has 4 heteroatoms. The molecule has 0 fully saturated rings. The number of aryl methyl sites for hydroxylation is 2. The van der Waals surface area contributed by atoms with Crippen molar-refractivity contribution in [1.82, 2.24) is 0 Å². The maximum atomic E-state index is 14.1. The van der Waals surface area contributed by atoms with E-state index in [2.05, 4.69) is 0 Å². The minimum atomic E-state index is -0.528. The van der Waals surface area contributed by atoms with Crippen molar-refractivity contribution >= 4 is 11.8 Å². The van der Waals surface area contributed by atoms with E-state index in [9.17, 15) is 8.78 Å². The number of hydrogen-bond donors (Lipinski definition) is 1. The van der Waals surface area contributed by atoms with Gasteiger partial charge in [-0.15, -0.1) is 0 Å². The quantitative estimate of drug-likeness (QED) is 0.912. The fraction of sp³-hybridized carbons (Fsp3) is 0.250. The van der Waals surface area contributed by atoms with Gasteiger partial charge in [-0.05, 0) is 61.7 Å². The second-order valence-electron chi connectivity index (χ2n) is 4.80. The number of nitrogens with two attached hydrogens (primary N) is 1. The topological polar surface area (TPSA) is 26.0 Å². The summed E-state index contributed by atoms with van der Waals surface area (Å²) in [6.45, 7) is 4.27. The molecule has 0 heterocycles. The van der Waals surface area contributed by atoms with Crippen LogP contribution < -0.4 is 5.73 Å². The average molecular weight is 293 g/mol. The standard InChI is InChI=1S/C16H17F2NS/c1-10-3-4-11(2)15(7-10)20-16-13(17)8-12(5-6-19)9-14(16)18/h3-4,7-9H,5-6,19H2,1-2H3. The zero-order valence-corrected chi connectivity index (χ0v) is 12.4. The third-order valence-electron chi connectivity index (χ3n) is 3.05. The van der Waals surface area contributed by atoms with E-state index in [-0.39, 0.29) is 4.90 Å². The summed E-state index contributed by atoms with van der Waals surface area (Å²) in [5.41, 5.74) is 8.07. The van der Waals surface area contributed by atoms with Gasteiger partial charge in [-0.25, -0.2) is 8.78 Å². The maximum absolute atomic E-state index is 14.1. The van der Waals surface area contributed by atoms with Crippen LogP contribution in [0.3, 0.4) is 0 Å². The predicted molar refractivity (Wildman–Crippen MR) is 79.2 cm³/mol.